The number of hydrogen-bond acceptors (Lipinski definition) is 3. The molecule has 2 aromatic carbocycles. The molecule has 0 amide bonds. The Morgan fingerprint density at radius 2 is 1.57 bits per heavy atom. The van der Waals surface area contributed by atoms with Crippen LogP contribution in [0.15, 0.2) is 47.4 Å². The van der Waals surface area contributed by atoms with E-state index >= 15 is 0 Å². The molecule has 0 fully saturated rings. The first-order valence-corrected chi connectivity index (χ1v) is 7.56. The van der Waals surface area contributed by atoms with Crippen molar-refractivity contribution in [2.24, 2.45) is 0 Å². The number of rotatable bonds is 3. The van der Waals surface area contributed by atoms with Gasteiger partial charge in [-0.25, -0.2) is 0 Å². The van der Waals surface area contributed by atoms with Gasteiger partial charge in [0.15, 0.2) is 5.78 Å². The fraction of sp³-hybridized carbons (Fsp3) is 0. The quantitative estimate of drug-likeness (QED) is 0.522. The van der Waals surface area contributed by atoms with Gasteiger partial charge in [0.2, 0.25) is 0 Å². The molecule has 4 nitrogen and oxygen atoms in total. The molecule has 0 aliphatic carbocycles. The molecule has 0 saturated heterocycles. The van der Waals surface area contributed by atoms with Crippen molar-refractivity contribution in [3.63, 3.8) is 0 Å². The van der Waals surface area contributed by atoms with Crippen LogP contribution in [0.2, 0.25) is 10.0 Å². The number of hydrogen-bond donors (Lipinski definition) is 1. The van der Waals surface area contributed by atoms with Gasteiger partial charge in [0.1, 0.15) is 0 Å². The van der Waals surface area contributed by atoms with Crippen LogP contribution in [0.25, 0.3) is 0 Å². The number of benzene rings is 2. The van der Waals surface area contributed by atoms with Gasteiger partial charge in [-0.2, -0.15) is 8.42 Å². The molecule has 0 aliphatic rings. The summed E-state index contributed by atoms with van der Waals surface area (Å²) in [6.07, 6.45) is 0. The molecule has 0 bridgehead atoms. The van der Waals surface area contributed by atoms with E-state index in [1.54, 1.807) is 6.07 Å². The molecule has 0 unspecified atom stereocenters. The van der Waals surface area contributed by atoms with Crippen LogP contribution in [0.1, 0.15) is 15.9 Å². The zero-order chi connectivity index (χ0) is 14.9. The second-order valence-electron chi connectivity index (χ2n) is 3.95. The van der Waals surface area contributed by atoms with Gasteiger partial charge in [0.25, 0.3) is 10.1 Å². The third kappa shape index (κ3) is 4.53. The second-order valence-corrected chi connectivity index (χ2v) is 6.22. The third-order valence-electron chi connectivity index (χ3n) is 2.59. The molecule has 0 aliphatic heterocycles. The average molecular weight is 355 g/mol. The van der Waals surface area contributed by atoms with Gasteiger partial charge in [0.05, 0.1) is 9.92 Å². The van der Waals surface area contributed by atoms with Crippen molar-refractivity contribution in [3.8, 4) is 0 Å². The van der Waals surface area contributed by atoms with E-state index < -0.39 is 10.1 Å². The van der Waals surface area contributed by atoms with Gasteiger partial charge in [-0.1, -0.05) is 23.2 Å². The fourth-order valence-electron chi connectivity index (χ4n) is 1.61. The van der Waals surface area contributed by atoms with Gasteiger partial charge in [-0.3, -0.25) is 9.35 Å². The normalized spacial score (nSPS) is 10.8. The van der Waals surface area contributed by atoms with Gasteiger partial charge < -0.3 is 0 Å². The number of ketones is 1. The van der Waals surface area contributed by atoms with Crippen LogP contribution in [-0.4, -0.2) is 48.3 Å². The van der Waals surface area contributed by atoms with Crippen LogP contribution < -0.4 is 0 Å². The van der Waals surface area contributed by atoms with Gasteiger partial charge in [0, 0.05) is 16.1 Å². The van der Waals surface area contributed by atoms with Gasteiger partial charge >= 0.3 is 29.6 Å². The molecule has 0 aromatic heterocycles. The van der Waals surface area contributed by atoms with Crippen molar-refractivity contribution >= 4 is 68.7 Å². The Bertz CT molecular complexity index is 773. The van der Waals surface area contributed by atoms with Crippen LogP contribution in [0.3, 0.4) is 0 Å². The maximum atomic E-state index is 12.2. The maximum absolute atomic E-state index is 12.2. The Balaban J connectivity index is 0.00000220. The predicted octanol–water partition coefficient (Wildman–Crippen LogP) is 2.82. The van der Waals surface area contributed by atoms with E-state index in [2.05, 4.69) is 0 Å². The summed E-state index contributed by atoms with van der Waals surface area (Å²) >= 11 is 11.7. The zero-order valence-corrected chi connectivity index (χ0v) is 12.2. The topological polar surface area (TPSA) is 71.4 Å². The SMILES string of the molecule is O=C(c1ccc(S(=O)(=O)O)cc1)c1cc(Cl)ccc1Cl.[NaH]. The minimum atomic E-state index is -4.28. The molecule has 0 spiro atoms. The molecule has 106 valence electrons. The zero-order valence-electron chi connectivity index (χ0n) is 9.88. The molecule has 21 heavy (non-hydrogen) atoms. The van der Waals surface area contributed by atoms with E-state index in [0.29, 0.717) is 5.02 Å². The van der Waals surface area contributed by atoms with Crippen LogP contribution in [0, 0.1) is 0 Å². The summed E-state index contributed by atoms with van der Waals surface area (Å²) in [6, 6.07) is 9.36. The van der Waals surface area contributed by atoms with E-state index in [4.69, 9.17) is 27.8 Å². The Labute approximate surface area is 154 Å². The van der Waals surface area contributed by atoms with Crippen molar-refractivity contribution in [1.82, 2.24) is 0 Å². The van der Waals surface area contributed by atoms with Crippen LogP contribution in [0.4, 0.5) is 0 Å². The summed E-state index contributed by atoms with van der Waals surface area (Å²) in [5.41, 5.74) is 0.459. The van der Waals surface area contributed by atoms with E-state index in [1.807, 2.05) is 0 Å². The van der Waals surface area contributed by atoms with Crippen LogP contribution in [0.5, 0.6) is 0 Å². The molecule has 8 heteroatoms. The van der Waals surface area contributed by atoms with Crippen LogP contribution in [-0.2, 0) is 10.1 Å². The number of halogens is 2. The Hall–Kier alpha value is -0.400. The summed E-state index contributed by atoms with van der Waals surface area (Å²) in [6.45, 7) is 0. The van der Waals surface area contributed by atoms with Gasteiger partial charge in [-0.15, -0.1) is 0 Å². The van der Waals surface area contributed by atoms with E-state index in [1.165, 1.54) is 24.3 Å². The van der Waals surface area contributed by atoms with E-state index in [0.717, 1.165) is 12.1 Å². The first kappa shape index (κ1) is 18.6. The van der Waals surface area contributed by atoms with E-state index in [9.17, 15) is 13.2 Å². The molecule has 1 N–H and O–H groups in total. The van der Waals surface area contributed by atoms with Crippen molar-refractivity contribution in [1.29, 1.82) is 0 Å². The van der Waals surface area contributed by atoms with Gasteiger partial charge in [-0.05, 0) is 42.5 Å². The fourth-order valence-corrected chi connectivity index (χ4v) is 2.46. The number of carbonyl (C=O) groups is 1. The van der Waals surface area contributed by atoms with Crippen molar-refractivity contribution in [3.05, 3.63) is 63.6 Å². The third-order valence-corrected chi connectivity index (χ3v) is 4.02. The molecular formula is C13H9Cl2NaO4S. The summed E-state index contributed by atoms with van der Waals surface area (Å²) in [4.78, 5) is 11.9. The minimum absolute atomic E-state index is 0. The van der Waals surface area contributed by atoms with Crippen molar-refractivity contribution in [2.45, 2.75) is 4.90 Å². The monoisotopic (exact) mass is 354 g/mol. The van der Waals surface area contributed by atoms with E-state index in [-0.39, 0.29) is 56.4 Å². The Kier molecular flexibility index (Phi) is 6.43. The summed E-state index contributed by atoms with van der Waals surface area (Å²) < 4.78 is 30.7. The van der Waals surface area contributed by atoms with Crippen molar-refractivity contribution in [2.75, 3.05) is 0 Å². The molecule has 0 radical (unpaired) electrons. The summed E-state index contributed by atoms with van der Waals surface area (Å²) in [5, 5.41) is 0.616. The molecule has 0 atom stereocenters. The first-order valence-electron chi connectivity index (χ1n) is 5.36. The standard InChI is InChI=1S/C13H8Cl2O4S.Na.H/c14-9-3-6-12(15)11(7-9)13(16)8-1-4-10(5-2-8)20(17,18)19;;/h1-7H,(H,17,18,19);;. The molecule has 2 aromatic rings. The molecule has 0 saturated carbocycles. The average Bonchev–Trinajstić information content (AvgIpc) is 2.40. The summed E-state index contributed by atoms with van der Waals surface area (Å²) in [7, 11) is -4.28. The molecular weight excluding hydrogens is 346 g/mol. The summed E-state index contributed by atoms with van der Waals surface area (Å²) in [5.74, 6) is -0.389. The predicted molar refractivity (Wildman–Crippen MR) is 83.3 cm³/mol. The Morgan fingerprint density at radius 3 is 2.10 bits per heavy atom. The second kappa shape index (κ2) is 7.24. The molecule has 0 heterocycles. The molecule has 2 rings (SSSR count). The first-order chi connectivity index (χ1) is 9.29. The van der Waals surface area contributed by atoms with Crippen LogP contribution >= 0.6 is 23.2 Å². The number of carbonyl (C=O) groups excluding carboxylic acids is 1. The van der Waals surface area contributed by atoms with Crippen molar-refractivity contribution < 1.29 is 17.8 Å². The Morgan fingerprint density at radius 1 is 1.00 bits per heavy atom.